The molecule has 0 spiro atoms. The van der Waals surface area contributed by atoms with E-state index in [4.69, 9.17) is 9.47 Å². The van der Waals surface area contributed by atoms with Crippen molar-refractivity contribution < 1.29 is 22.4 Å². The van der Waals surface area contributed by atoms with Gasteiger partial charge in [-0.1, -0.05) is 42.5 Å². The number of nitrogens with zero attached hydrogens (tertiary/aromatic N) is 2. The average Bonchev–Trinajstić information content (AvgIpc) is 2.92. The molecule has 4 aromatic carbocycles. The van der Waals surface area contributed by atoms with Crippen molar-refractivity contribution in [1.29, 1.82) is 0 Å². The predicted octanol–water partition coefficient (Wildman–Crippen LogP) is 0.530. The number of hydrogen-bond donors (Lipinski definition) is 3. The fraction of sp³-hybridized carbons (Fsp3) is 0.154. The number of rotatable bonds is 9. The van der Waals surface area contributed by atoms with Gasteiger partial charge >= 0.3 is 0 Å². The van der Waals surface area contributed by atoms with Crippen molar-refractivity contribution in [1.82, 2.24) is 10.9 Å². The van der Waals surface area contributed by atoms with Crippen molar-refractivity contribution in [2.45, 2.75) is 18.0 Å². The molecule has 0 aromatic heterocycles. The zero-order chi connectivity index (χ0) is 27.3. The molecule has 0 aliphatic heterocycles. The van der Waals surface area contributed by atoms with Crippen LogP contribution in [0.5, 0.6) is 11.5 Å². The van der Waals surface area contributed by atoms with Crippen molar-refractivity contribution in [3.8, 4) is 11.5 Å². The molecule has 0 aliphatic rings. The van der Waals surface area contributed by atoms with Crippen molar-refractivity contribution in [2.24, 2.45) is 10.2 Å². The van der Waals surface area contributed by atoms with Crippen LogP contribution in [0.1, 0.15) is 11.1 Å². The van der Waals surface area contributed by atoms with Crippen LogP contribution >= 0.6 is 0 Å². The first-order valence-corrected chi connectivity index (χ1v) is 12.7. The number of para-hydroxylation sites is 2. The second-order valence-electron chi connectivity index (χ2n) is 8.05. The Morgan fingerprint density at radius 2 is 1.21 bits per heavy atom. The third-order valence-corrected chi connectivity index (χ3v) is 6.59. The van der Waals surface area contributed by atoms with Crippen LogP contribution in [0, 0.1) is 0 Å². The van der Waals surface area contributed by atoms with E-state index in [0.717, 1.165) is 23.3 Å². The third-order valence-electron chi connectivity index (χ3n) is 5.74. The summed E-state index contributed by atoms with van der Waals surface area (Å²) in [4.78, 5) is 25.7. The molecule has 13 heteroatoms. The van der Waals surface area contributed by atoms with Gasteiger partial charge in [0.05, 0.1) is 32.2 Å². The van der Waals surface area contributed by atoms with Crippen molar-refractivity contribution in [2.75, 3.05) is 14.2 Å². The summed E-state index contributed by atoms with van der Waals surface area (Å²) >= 11 is 0. The minimum Gasteiger partial charge on any atom is -0.496 e. The summed E-state index contributed by atoms with van der Waals surface area (Å²) in [5.74, 6) is 1.20. The van der Waals surface area contributed by atoms with Gasteiger partial charge in [-0.15, -0.1) is 0 Å². The summed E-state index contributed by atoms with van der Waals surface area (Å²) < 4.78 is 43.7. The molecule has 0 bridgehead atoms. The molecule has 0 amide bonds. The molecule has 197 valence electrons. The first-order valence-electron chi connectivity index (χ1n) is 11.3. The minimum absolute atomic E-state index is 0. The molecule has 0 saturated heterocycles. The smallest absolute Gasteiger partial charge is 0.294 e. The molecule has 0 fully saturated rings. The molecule has 0 atom stereocenters. The summed E-state index contributed by atoms with van der Waals surface area (Å²) in [6.45, 7) is 0.346. The molecule has 0 aliphatic carbocycles. The summed E-state index contributed by atoms with van der Waals surface area (Å²) in [5.41, 5.74) is 5.10. The molecule has 1 radical (unpaired) electrons. The van der Waals surface area contributed by atoms with Crippen LogP contribution in [0.2, 0.25) is 0 Å². The topological polar surface area (TPSA) is 156 Å². The van der Waals surface area contributed by atoms with Gasteiger partial charge in [-0.25, -0.2) is 0 Å². The maximum atomic E-state index is 13.1. The van der Waals surface area contributed by atoms with E-state index in [1.807, 2.05) is 18.2 Å². The molecule has 4 aromatic rings. The van der Waals surface area contributed by atoms with E-state index in [1.165, 1.54) is 20.3 Å². The molecule has 4 rings (SSSR count). The van der Waals surface area contributed by atoms with E-state index in [2.05, 4.69) is 21.1 Å². The van der Waals surface area contributed by atoms with Gasteiger partial charge in [0.1, 0.15) is 22.2 Å². The quantitative estimate of drug-likeness (QED) is 0.115. The molecular formula is C26H24N4NaO7S. The monoisotopic (exact) mass is 559 g/mol. The number of fused-ring (bicyclic) bond motifs is 1. The first-order chi connectivity index (χ1) is 18.2. The van der Waals surface area contributed by atoms with Crippen molar-refractivity contribution >= 4 is 50.4 Å². The molecule has 0 heterocycles. The predicted molar refractivity (Wildman–Crippen MR) is 145 cm³/mol. The number of ether oxygens (including phenoxy) is 2. The summed E-state index contributed by atoms with van der Waals surface area (Å²) in [6, 6.07) is 17.8. The van der Waals surface area contributed by atoms with Crippen LogP contribution in [-0.2, 0) is 23.2 Å². The fourth-order valence-corrected chi connectivity index (χ4v) is 4.38. The number of nitrogens with one attached hydrogen (secondary N) is 2. The Morgan fingerprint density at radius 1 is 0.744 bits per heavy atom. The number of benzene rings is 4. The van der Waals surface area contributed by atoms with Gasteiger partial charge in [0.2, 0.25) is 0 Å². The Bertz CT molecular complexity index is 1840. The Morgan fingerprint density at radius 3 is 1.67 bits per heavy atom. The van der Waals surface area contributed by atoms with E-state index >= 15 is 0 Å². The Kier molecular flexibility index (Phi) is 10.0. The largest absolute Gasteiger partial charge is 0.496 e. The Labute approximate surface area is 245 Å². The van der Waals surface area contributed by atoms with Gasteiger partial charge in [-0.2, -0.15) is 18.6 Å². The van der Waals surface area contributed by atoms with Crippen LogP contribution in [0.15, 0.2) is 91.4 Å². The Balaban J connectivity index is 0.00000420. The maximum absolute atomic E-state index is 13.1. The fourth-order valence-electron chi connectivity index (χ4n) is 3.87. The van der Waals surface area contributed by atoms with E-state index in [9.17, 15) is 22.6 Å². The minimum atomic E-state index is -4.60. The van der Waals surface area contributed by atoms with E-state index in [1.54, 1.807) is 30.3 Å². The van der Waals surface area contributed by atoms with Gasteiger partial charge in [0.25, 0.3) is 21.0 Å². The second kappa shape index (κ2) is 13.0. The molecule has 39 heavy (non-hydrogen) atoms. The first kappa shape index (κ1) is 30.0. The average molecular weight is 560 g/mol. The standard InChI is InChI=1S/C26H24N4O7S.Na/c1-36-21-9-5-3-7-16(21)14-27-29-23-19-12-11-18(38(33,34)35)13-20(19)24(26(32)25(23)31)30-28-15-17-8-4-6-10-22(17)37-2;/h3-13,27-28H,14-15H2,1-2H3,(H,33,34,35);. The van der Waals surface area contributed by atoms with Crippen LogP contribution in [0.25, 0.3) is 10.8 Å². The zero-order valence-corrected chi connectivity index (χ0v) is 24.3. The van der Waals surface area contributed by atoms with Crippen LogP contribution in [0.3, 0.4) is 0 Å². The maximum Gasteiger partial charge on any atom is 0.294 e. The molecule has 11 nitrogen and oxygen atoms in total. The number of methoxy groups -OCH3 is 2. The van der Waals surface area contributed by atoms with Crippen LogP contribution < -0.4 is 41.9 Å². The third kappa shape index (κ3) is 6.72. The van der Waals surface area contributed by atoms with E-state index < -0.39 is 25.9 Å². The van der Waals surface area contributed by atoms with Crippen molar-refractivity contribution in [3.05, 3.63) is 109 Å². The molecule has 3 N–H and O–H groups in total. The van der Waals surface area contributed by atoms with E-state index in [0.29, 0.717) is 11.5 Å². The summed E-state index contributed by atoms with van der Waals surface area (Å²) in [6.07, 6.45) is 0. The van der Waals surface area contributed by atoms with Crippen LogP contribution in [-0.4, -0.2) is 56.7 Å². The van der Waals surface area contributed by atoms with Gasteiger partial charge < -0.3 is 20.3 Å². The van der Waals surface area contributed by atoms with Crippen LogP contribution in [0.4, 0.5) is 0 Å². The second-order valence-corrected chi connectivity index (χ2v) is 9.48. The normalized spacial score (nSPS) is 12.2. The van der Waals surface area contributed by atoms with Gasteiger partial charge in [0.15, 0.2) is 0 Å². The van der Waals surface area contributed by atoms with Gasteiger partial charge in [0, 0.05) is 51.5 Å². The molecule has 0 unspecified atom stereocenters. The number of hydrogen-bond acceptors (Lipinski definition) is 10. The van der Waals surface area contributed by atoms with Gasteiger partial charge in [-0.3, -0.25) is 14.1 Å². The molecule has 0 saturated carbocycles. The van der Waals surface area contributed by atoms with E-state index in [-0.39, 0.29) is 64.1 Å². The zero-order valence-electron chi connectivity index (χ0n) is 21.5. The summed E-state index contributed by atoms with van der Waals surface area (Å²) in [5, 5.41) is 7.92. The van der Waals surface area contributed by atoms with Gasteiger partial charge in [-0.05, 0) is 24.3 Å². The van der Waals surface area contributed by atoms with Crippen molar-refractivity contribution in [3.63, 3.8) is 0 Å². The SMILES string of the molecule is COc1ccccc1CNN=c1c(=O)c(=O)c(=NNCc2ccccc2OC)c2cc(S(=O)(=O)O)ccc12.[Na]. The molecular weight excluding hydrogens is 535 g/mol. The summed E-state index contributed by atoms with van der Waals surface area (Å²) in [7, 11) is -1.55. The Hall–Kier alpha value is -3.55.